The molecule has 7 nitrogen and oxygen atoms in total. The summed E-state index contributed by atoms with van der Waals surface area (Å²) in [5.74, 6) is -0.336. The summed E-state index contributed by atoms with van der Waals surface area (Å²) >= 11 is 0. The van der Waals surface area contributed by atoms with Crippen LogP contribution in [0.2, 0.25) is 0 Å². The van der Waals surface area contributed by atoms with Crippen molar-refractivity contribution in [3.05, 3.63) is 89.8 Å². The zero-order valence-corrected chi connectivity index (χ0v) is 16.4. The highest BCUT2D eigenvalue weighted by Gasteiger charge is 2.19. The normalized spacial score (nSPS) is 11.3. The summed E-state index contributed by atoms with van der Waals surface area (Å²) in [7, 11) is -4.03. The first-order chi connectivity index (χ1) is 13.8. The Morgan fingerprint density at radius 2 is 1.69 bits per heavy atom. The van der Waals surface area contributed by atoms with Gasteiger partial charge in [0.15, 0.2) is 5.78 Å². The molecule has 1 aromatic heterocycles. The van der Waals surface area contributed by atoms with Crippen molar-refractivity contribution >= 4 is 33.6 Å². The fraction of sp³-hybridized carbons (Fsp3) is 0.0476. The first-order valence-corrected chi connectivity index (χ1v) is 10.2. The summed E-state index contributed by atoms with van der Waals surface area (Å²) in [5.41, 5.74) is 2.09. The van der Waals surface area contributed by atoms with Crippen molar-refractivity contribution in [1.82, 2.24) is 9.71 Å². The molecule has 0 bridgehead atoms. The van der Waals surface area contributed by atoms with E-state index in [1.165, 1.54) is 24.3 Å². The third kappa shape index (κ3) is 5.20. The Morgan fingerprint density at radius 1 is 0.966 bits per heavy atom. The van der Waals surface area contributed by atoms with Gasteiger partial charge in [-0.1, -0.05) is 29.8 Å². The molecule has 0 atom stereocenters. The Labute approximate surface area is 168 Å². The molecule has 0 fully saturated rings. The molecule has 148 valence electrons. The summed E-state index contributed by atoms with van der Waals surface area (Å²) in [6.07, 6.45) is 4.72. The van der Waals surface area contributed by atoms with Crippen molar-refractivity contribution in [2.45, 2.75) is 11.8 Å². The zero-order valence-electron chi connectivity index (χ0n) is 15.5. The van der Waals surface area contributed by atoms with Crippen LogP contribution in [0.3, 0.4) is 0 Å². The zero-order chi connectivity index (χ0) is 20.9. The number of carbonyl (C=O) groups is 2. The van der Waals surface area contributed by atoms with E-state index >= 15 is 0 Å². The second-order valence-corrected chi connectivity index (χ2v) is 7.92. The summed E-state index contributed by atoms with van der Waals surface area (Å²) in [6, 6.07) is 15.1. The second-order valence-electron chi connectivity index (χ2n) is 6.24. The molecule has 29 heavy (non-hydrogen) atoms. The first-order valence-electron chi connectivity index (χ1n) is 8.70. The van der Waals surface area contributed by atoms with Gasteiger partial charge in [0, 0.05) is 17.5 Å². The summed E-state index contributed by atoms with van der Waals surface area (Å²) in [6.45, 7) is 1.83. The van der Waals surface area contributed by atoms with Crippen LogP contribution in [0, 0.1) is 6.92 Å². The van der Waals surface area contributed by atoms with Gasteiger partial charge in [-0.05, 0) is 55.5 Å². The minimum Gasteiger partial charge on any atom is -0.362 e. The summed E-state index contributed by atoms with van der Waals surface area (Å²) in [5, 5.41) is 2.43. The molecule has 3 aromatic rings. The maximum atomic E-state index is 12.5. The van der Waals surface area contributed by atoms with Gasteiger partial charge in [-0.15, -0.1) is 0 Å². The molecule has 3 N–H and O–H groups in total. The number of hydrogen-bond donors (Lipinski definition) is 3. The maximum absolute atomic E-state index is 12.5. The largest absolute Gasteiger partial charge is 0.362 e. The number of carbonyl (C=O) groups excluding carboxylic acids is 2. The van der Waals surface area contributed by atoms with E-state index in [4.69, 9.17) is 0 Å². The fourth-order valence-corrected chi connectivity index (χ4v) is 3.46. The number of amides is 2. The number of anilines is 1. The van der Waals surface area contributed by atoms with E-state index in [9.17, 15) is 18.0 Å². The minimum absolute atomic E-state index is 0.0310. The number of H-pyrrole nitrogens is 1. The number of allylic oxidation sites excluding steroid dienone is 1. The van der Waals surface area contributed by atoms with Gasteiger partial charge < -0.3 is 10.3 Å². The molecule has 0 aliphatic carbocycles. The van der Waals surface area contributed by atoms with Crippen LogP contribution in [0.25, 0.3) is 6.08 Å². The van der Waals surface area contributed by atoms with Crippen molar-refractivity contribution in [3.63, 3.8) is 0 Å². The highest BCUT2D eigenvalue weighted by molar-refractivity contribution is 7.90. The van der Waals surface area contributed by atoms with Crippen molar-refractivity contribution in [2.24, 2.45) is 0 Å². The minimum atomic E-state index is -4.03. The lowest BCUT2D eigenvalue weighted by molar-refractivity contribution is 0.104. The summed E-state index contributed by atoms with van der Waals surface area (Å²) < 4.78 is 26.6. The molecular formula is C21H19N3O4S. The van der Waals surface area contributed by atoms with E-state index in [-0.39, 0.29) is 21.9 Å². The highest BCUT2D eigenvalue weighted by atomic mass is 32.2. The van der Waals surface area contributed by atoms with Crippen LogP contribution in [-0.2, 0) is 10.0 Å². The van der Waals surface area contributed by atoms with Crippen LogP contribution in [0.15, 0.2) is 77.8 Å². The Morgan fingerprint density at radius 3 is 2.38 bits per heavy atom. The highest BCUT2D eigenvalue weighted by Crippen LogP contribution is 2.17. The Balaban J connectivity index is 1.74. The van der Waals surface area contributed by atoms with Gasteiger partial charge in [0.1, 0.15) is 0 Å². The topological polar surface area (TPSA) is 108 Å². The molecule has 0 spiro atoms. The molecule has 0 radical (unpaired) electrons. The molecule has 0 saturated carbocycles. The van der Waals surface area contributed by atoms with Crippen LogP contribution in [0.5, 0.6) is 0 Å². The van der Waals surface area contributed by atoms with E-state index in [1.807, 2.05) is 11.6 Å². The molecule has 8 heteroatoms. The molecule has 3 rings (SSSR count). The monoisotopic (exact) mass is 409 g/mol. The maximum Gasteiger partial charge on any atom is 0.333 e. The number of aryl methyl sites for hydroxylation is 1. The van der Waals surface area contributed by atoms with Gasteiger partial charge in [0.2, 0.25) is 0 Å². The third-order valence-corrected chi connectivity index (χ3v) is 5.38. The number of para-hydroxylation sites is 1. The third-order valence-electron chi connectivity index (χ3n) is 4.04. The first kappa shape index (κ1) is 20.1. The quantitative estimate of drug-likeness (QED) is 0.426. The van der Waals surface area contributed by atoms with Crippen molar-refractivity contribution in [3.8, 4) is 0 Å². The second kappa shape index (κ2) is 8.57. The molecule has 0 saturated heterocycles. The average molecular weight is 409 g/mol. The number of hydrogen-bond acceptors (Lipinski definition) is 4. The molecule has 2 aromatic carbocycles. The number of rotatable bonds is 6. The van der Waals surface area contributed by atoms with Crippen molar-refractivity contribution in [1.29, 1.82) is 0 Å². The Bertz CT molecular complexity index is 1150. The van der Waals surface area contributed by atoms with E-state index in [2.05, 4.69) is 10.3 Å². The van der Waals surface area contributed by atoms with E-state index in [0.29, 0.717) is 0 Å². The van der Waals surface area contributed by atoms with Crippen LogP contribution in [-0.4, -0.2) is 25.2 Å². The number of benzene rings is 2. The number of aromatic amines is 1. The average Bonchev–Trinajstić information content (AvgIpc) is 3.20. The number of aromatic nitrogens is 1. The van der Waals surface area contributed by atoms with Gasteiger partial charge in [0.05, 0.1) is 10.6 Å². The van der Waals surface area contributed by atoms with Crippen molar-refractivity contribution in [2.75, 3.05) is 5.32 Å². The van der Waals surface area contributed by atoms with E-state index in [0.717, 1.165) is 11.3 Å². The molecule has 1 heterocycles. The summed E-state index contributed by atoms with van der Waals surface area (Å²) in [4.78, 5) is 27.7. The Kier molecular flexibility index (Phi) is 5.94. The predicted octanol–water partition coefficient (Wildman–Crippen LogP) is 3.73. The van der Waals surface area contributed by atoms with Gasteiger partial charge in [-0.25, -0.2) is 17.9 Å². The van der Waals surface area contributed by atoms with Crippen LogP contribution in [0.4, 0.5) is 10.5 Å². The van der Waals surface area contributed by atoms with Gasteiger partial charge in [-0.3, -0.25) is 4.79 Å². The van der Waals surface area contributed by atoms with Crippen LogP contribution >= 0.6 is 0 Å². The van der Waals surface area contributed by atoms with Gasteiger partial charge >= 0.3 is 6.03 Å². The molecule has 0 aliphatic rings. The molecule has 2 amide bonds. The molecular weight excluding hydrogens is 390 g/mol. The number of ketones is 1. The number of urea groups is 1. The molecule has 0 unspecified atom stereocenters. The van der Waals surface area contributed by atoms with Crippen LogP contribution in [0.1, 0.15) is 21.6 Å². The Hall–Kier alpha value is -3.65. The van der Waals surface area contributed by atoms with E-state index < -0.39 is 16.1 Å². The molecule has 0 aliphatic heterocycles. The lowest BCUT2D eigenvalue weighted by Crippen LogP contribution is -2.34. The van der Waals surface area contributed by atoms with Crippen LogP contribution < -0.4 is 10.0 Å². The van der Waals surface area contributed by atoms with Gasteiger partial charge in [-0.2, -0.15) is 0 Å². The fourth-order valence-electron chi connectivity index (χ4n) is 2.56. The lowest BCUT2D eigenvalue weighted by atomic mass is 10.1. The van der Waals surface area contributed by atoms with E-state index in [1.54, 1.807) is 54.7 Å². The number of sulfonamides is 1. The predicted molar refractivity (Wildman–Crippen MR) is 111 cm³/mol. The van der Waals surface area contributed by atoms with Gasteiger partial charge in [0.25, 0.3) is 10.0 Å². The standard InChI is InChI=1S/C21H19N3O4S/c1-15-8-11-17(12-9-15)29(27,28)24-21(26)23-19-7-3-2-6-18(19)20(25)13-10-16-5-4-14-22-16/h2-14,22H,1H3,(H2,23,24,26)/b13-10+. The SMILES string of the molecule is Cc1ccc(S(=O)(=O)NC(=O)Nc2ccccc2C(=O)/C=C/c2ccc[nH]2)cc1. The smallest absolute Gasteiger partial charge is 0.333 e. The number of nitrogens with one attached hydrogen (secondary N) is 3. The lowest BCUT2D eigenvalue weighted by Gasteiger charge is -2.11. The van der Waals surface area contributed by atoms with Crippen molar-refractivity contribution < 1.29 is 18.0 Å².